The minimum atomic E-state index is -0.569. The van der Waals surface area contributed by atoms with Gasteiger partial charge in [0.2, 0.25) is 0 Å². The maximum atomic E-state index is 13.2. The highest BCUT2D eigenvalue weighted by atomic mass is 35.5. The highest BCUT2D eigenvalue weighted by Gasteiger charge is 2.22. The van der Waals surface area contributed by atoms with E-state index < -0.39 is 6.10 Å². The Morgan fingerprint density at radius 3 is 2.06 bits per heavy atom. The zero-order valence-electron chi connectivity index (χ0n) is 22.9. The minimum Gasteiger partial charge on any atom is -0.481 e. The third-order valence-electron chi connectivity index (χ3n) is 7.17. The molecule has 0 aliphatic heterocycles. The standard InChI is InChI=1S/C31H47ClN2O2/c1-5-7-8-9-10-11-12-13-14-15-16-29(30(35)34-25-19-22-27(32)28(33)23-25)36-26-20-17-24(18-21-26)31(3,4)6-2/h17-23,29H,5-16,33H2,1-4H3,(H,34,35). The number of nitrogens with one attached hydrogen (secondary N) is 1. The molecule has 5 heteroatoms. The lowest BCUT2D eigenvalue weighted by atomic mass is 9.82. The van der Waals surface area contributed by atoms with E-state index in [1.807, 2.05) is 12.1 Å². The van der Waals surface area contributed by atoms with E-state index in [-0.39, 0.29) is 11.3 Å². The number of carbonyl (C=O) groups excluding carboxylic acids is 1. The van der Waals surface area contributed by atoms with Crippen LogP contribution in [0.2, 0.25) is 5.02 Å². The normalized spacial score (nSPS) is 12.4. The van der Waals surface area contributed by atoms with Crippen LogP contribution in [0.25, 0.3) is 0 Å². The smallest absolute Gasteiger partial charge is 0.265 e. The number of anilines is 2. The molecule has 0 aliphatic carbocycles. The minimum absolute atomic E-state index is 0.111. The number of unbranched alkanes of at least 4 members (excludes halogenated alkanes) is 9. The van der Waals surface area contributed by atoms with Crippen LogP contribution in [0.4, 0.5) is 11.4 Å². The van der Waals surface area contributed by atoms with Gasteiger partial charge in [0.25, 0.3) is 5.91 Å². The molecule has 2 aromatic rings. The number of hydrogen-bond donors (Lipinski definition) is 2. The number of amides is 1. The first-order valence-corrected chi connectivity index (χ1v) is 14.3. The van der Waals surface area contributed by atoms with Crippen LogP contribution in [-0.2, 0) is 10.2 Å². The van der Waals surface area contributed by atoms with E-state index in [9.17, 15) is 4.79 Å². The number of nitrogens with two attached hydrogens (primary N) is 1. The van der Waals surface area contributed by atoms with Crippen molar-refractivity contribution >= 4 is 28.9 Å². The predicted octanol–water partition coefficient (Wildman–Crippen LogP) is 9.31. The summed E-state index contributed by atoms with van der Waals surface area (Å²) in [7, 11) is 0. The summed E-state index contributed by atoms with van der Waals surface area (Å²) in [6, 6.07) is 13.3. The van der Waals surface area contributed by atoms with Crippen molar-refractivity contribution in [3.05, 3.63) is 53.1 Å². The van der Waals surface area contributed by atoms with Crippen LogP contribution in [-0.4, -0.2) is 12.0 Å². The molecule has 1 amide bonds. The molecule has 0 spiro atoms. The molecule has 0 saturated carbocycles. The first-order valence-electron chi connectivity index (χ1n) is 13.9. The first kappa shape index (κ1) is 30.0. The van der Waals surface area contributed by atoms with Gasteiger partial charge in [0.15, 0.2) is 6.10 Å². The number of nitrogen functional groups attached to an aromatic ring is 1. The number of ether oxygens (including phenoxy) is 1. The van der Waals surface area contributed by atoms with Gasteiger partial charge in [-0.15, -0.1) is 0 Å². The lowest BCUT2D eigenvalue weighted by molar-refractivity contribution is -0.123. The highest BCUT2D eigenvalue weighted by molar-refractivity contribution is 6.33. The predicted molar refractivity (Wildman–Crippen MR) is 155 cm³/mol. The van der Waals surface area contributed by atoms with Gasteiger partial charge in [-0.3, -0.25) is 4.79 Å². The van der Waals surface area contributed by atoms with Crippen LogP contribution in [0, 0.1) is 0 Å². The summed E-state index contributed by atoms with van der Waals surface area (Å²) in [5, 5.41) is 3.43. The Labute approximate surface area is 224 Å². The number of hydrogen-bond acceptors (Lipinski definition) is 3. The summed E-state index contributed by atoms with van der Waals surface area (Å²) >= 11 is 6.03. The summed E-state index contributed by atoms with van der Waals surface area (Å²) in [6.07, 6.45) is 13.7. The average Bonchev–Trinajstić information content (AvgIpc) is 2.87. The number of halogens is 1. The van der Waals surface area contributed by atoms with Crippen LogP contribution < -0.4 is 15.8 Å². The summed E-state index contributed by atoms with van der Waals surface area (Å²) in [4.78, 5) is 13.2. The molecule has 1 unspecified atom stereocenters. The van der Waals surface area contributed by atoms with Gasteiger partial charge in [-0.05, 0) is 60.6 Å². The van der Waals surface area contributed by atoms with E-state index in [4.69, 9.17) is 22.1 Å². The van der Waals surface area contributed by atoms with Crippen LogP contribution in [0.1, 0.15) is 110 Å². The van der Waals surface area contributed by atoms with Crippen molar-refractivity contribution in [2.75, 3.05) is 11.1 Å². The van der Waals surface area contributed by atoms with Gasteiger partial charge in [0.05, 0.1) is 10.7 Å². The molecule has 200 valence electrons. The van der Waals surface area contributed by atoms with E-state index >= 15 is 0 Å². The van der Waals surface area contributed by atoms with Crippen molar-refractivity contribution in [3.8, 4) is 5.75 Å². The SMILES string of the molecule is CCCCCCCCCCCCC(Oc1ccc(C(C)(C)CC)cc1)C(=O)Nc1ccc(Cl)c(N)c1. The molecule has 0 saturated heterocycles. The molecule has 0 radical (unpaired) electrons. The fourth-order valence-corrected chi connectivity index (χ4v) is 4.38. The third kappa shape index (κ3) is 10.4. The van der Waals surface area contributed by atoms with E-state index in [1.165, 1.54) is 56.9 Å². The molecule has 1 atom stereocenters. The Balaban J connectivity index is 1.93. The maximum absolute atomic E-state index is 13.2. The Morgan fingerprint density at radius 1 is 0.917 bits per heavy atom. The monoisotopic (exact) mass is 514 g/mol. The molecule has 0 aliphatic rings. The van der Waals surface area contributed by atoms with Crippen molar-refractivity contribution in [1.82, 2.24) is 0 Å². The van der Waals surface area contributed by atoms with Crippen LogP contribution >= 0.6 is 11.6 Å². The molecule has 2 rings (SSSR count). The Hall–Kier alpha value is -2.20. The molecular weight excluding hydrogens is 468 g/mol. The largest absolute Gasteiger partial charge is 0.481 e. The summed E-state index contributed by atoms with van der Waals surface area (Å²) < 4.78 is 6.22. The number of carbonyl (C=O) groups is 1. The third-order valence-corrected chi connectivity index (χ3v) is 7.52. The van der Waals surface area contributed by atoms with E-state index in [1.54, 1.807) is 18.2 Å². The van der Waals surface area contributed by atoms with Gasteiger partial charge in [0, 0.05) is 5.69 Å². The molecule has 0 fully saturated rings. The van der Waals surface area contributed by atoms with Gasteiger partial charge in [0.1, 0.15) is 5.75 Å². The van der Waals surface area contributed by atoms with Crippen molar-refractivity contribution in [3.63, 3.8) is 0 Å². The zero-order valence-corrected chi connectivity index (χ0v) is 23.6. The van der Waals surface area contributed by atoms with E-state index in [2.05, 4.69) is 45.1 Å². The lowest BCUT2D eigenvalue weighted by Gasteiger charge is -2.24. The average molecular weight is 515 g/mol. The molecule has 0 aromatic heterocycles. The molecule has 3 N–H and O–H groups in total. The van der Waals surface area contributed by atoms with Gasteiger partial charge in [-0.1, -0.05) is 109 Å². The first-order chi connectivity index (χ1) is 17.3. The van der Waals surface area contributed by atoms with Crippen molar-refractivity contribution in [2.24, 2.45) is 0 Å². The van der Waals surface area contributed by atoms with Gasteiger partial charge in [-0.25, -0.2) is 0 Å². The Morgan fingerprint density at radius 2 is 1.50 bits per heavy atom. The summed E-state index contributed by atoms with van der Waals surface area (Å²) in [6.45, 7) is 8.93. The second kappa shape index (κ2) is 15.8. The van der Waals surface area contributed by atoms with Crippen molar-refractivity contribution < 1.29 is 9.53 Å². The van der Waals surface area contributed by atoms with Gasteiger partial charge in [-0.2, -0.15) is 0 Å². The topological polar surface area (TPSA) is 64.3 Å². The fourth-order valence-electron chi connectivity index (χ4n) is 4.26. The van der Waals surface area contributed by atoms with Crippen molar-refractivity contribution in [1.29, 1.82) is 0 Å². The lowest BCUT2D eigenvalue weighted by Crippen LogP contribution is -2.33. The molecule has 2 aromatic carbocycles. The molecule has 4 nitrogen and oxygen atoms in total. The van der Waals surface area contributed by atoms with Crippen LogP contribution in [0.5, 0.6) is 5.75 Å². The zero-order chi connectivity index (χ0) is 26.4. The van der Waals surface area contributed by atoms with E-state index in [0.29, 0.717) is 28.6 Å². The number of benzene rings is 2. The maximum Gasteiger partial charge on any atom is 0.265 e. The van der Waals surface area contributed by atoms with E-state index in [0.717, 1.165) is 19.3 Å². The second-order valence-electron chi connectivity index (χ2n) is 10.6. The van der Waals surface area contributed by atoms with Crippen LogP contribution in [0.3, 0.4) is 0 Å². The Bertz CT molecular complexity index is 911. The van der Waals surface area contributed by atoms with Crippen molar-refractivity contribution in [2.45, 2.75) is 116 Å². The Kier molecular flexibility index (Phi) is 13.2. The van der Waals surface area contributed by atoms with Crippen LogP contribution in [0.15, 0.2) is 42.5 Å². The molecule has 0 heterocycles. The van der Waals surface area contributed by atoms with Gasteiger partial charge >= 0.3 is 0 Å². The number of rotatable bonds is 17. The molecular formula is C31H47ClN2O2. The molecule has 0 bridgehead atoms. The fraction of sp³-hybridized carbons (Fsp3) is 0.581. The molecule has 36 heavy (non-hydrogen) atoms. The second-order valence-corrected chi connectivity index (χ2v) is 11.0. The summed E-state index contributed by atoms with van der Waals surface area (Å²) in [5.74, 6) is 0.555. The quantitative estimate of drug-likeness (QED) is 0.163. The summed E-state index contributed by atoms with van der Waals surface area (Å²) in [5.41, 5.74) is 8.36. The van der Waals surface area contributed by atoms with Gasteiger partial charge < -0.3 is 15.8 Å². The highest BCUT2D eigenvalue weighted by Crippen LogP contribution is 2.29.